The van der Waals surface area contributed by atoms with E-state index in [1.807, 2.05) is 48.5 Å². The van der Waals surface area contributed by atoms with Crippen molar-refractivity contribution in [2.45, 2.75) is 39.7 Å². The number of hydrogen-bond acceptors (Lipinski definition) is 4. The molecule has 0 aromatic heterocycles. The molecule has 1 N–H and O–H groups in total. The van der Waals surface area contributed by atoms with Crippen LogP contribution in [0.15, 0.2) is 70.2 Å². The van der Waals surface area contributed by atoms with E-state index >= 15 is 0 Å². The van der Waals surface area contributed by atoms with Crippen molar-refractivity contribution in [3.63, 3.8) is 0 Å². The van der Waals surface area contributed by atoms with E-state index in [2.05, 4.69) is 66.3 Å². The van der Waals surface area contributed by atoms with Gasteiger partial charge in [-0.1, -0.05) is 62.7 Å². The van der Waals surface area contributed by atoms with E-state index in [9.17, 15) is 4.79 Å². The van der Waals surface area contributed by atoms with E-state index in [0.29, 0.717) is 23.7 Å². The lowest BCUT2D eigenvalue weighted by atomic mass is 9.87. The van der Waals surface area contributed by atoms with Crippen molar-refractivity contribution in [3.8, 4) is 11.5 Å². The minimum absolute atomic E-state index is 0.0373. The number of methoxy groups -OCH3 is 1. The Morgan fingerprint density at radius 2 is 1.73 bits per heavy atom. The van der Waals surface area contributed by atoms with Gasteiger partial charge in [0.2, 0.25) is 0 Å². The Morgan fingerprint density at radius 1 is 1.06 bits per heavy atom. The van der Waals surface area contributed by atoms with Crippen LogP contribution in [0, 0.1) is 6.92 Å². The zero-order valence-corrected chi connectivity index (χ0v) is 21.2. The van der Waals surface area contributed by atoms with E-state index in [4.69, 9.17) is 9.47 Å². The van der Waals surface area contributed by atoms with Gasteiger partial charge in [0.1, 0.15) is 6.61 Å². The number of carbonyl (C=O) groups is 1. The van der Waals surface area contributed by atoms with E-state index in [0.717, 1.165) is 15.6 Å². The van der Waals surface area contributed by atoms with Gasteiger partial charge in [-0.2, -0.15) is 5.10 Å². The van der Waals surface area contributed by atoms with Gasteiger partial charge in [-0.25, -0.2) is 5.43 Å². The highest BCUT2D eigenvalue weighted by Crippen LogP contribution is 2.36. The lowest BCUT2D eigenvalue weighted by Crippen LogP contribution is -2.18. The standard InChI is InChI=1S/C27H29BrN2O3/c1-18-6-8-19(9-7-18)17-33-25-23(28)14-20(15-24(25)32-5)16-29-30-26(31)21-10-12-22(13-11-21)27(2,3)4/h6-16H,17H2,1-5H3,(H,30,31)/b29-16-. The van der Waals surface area contributed by atoms with Crippen molar-refractivity contribution in [2.24, 2.45) is 5.10 Å². The van der Waals surface area contributed by atoms with Crippen LogP contribution in [-0.2, 0) is 12.0 Å². The van der Waals surface area contributed by atoms with Crippen LogP contribution in [-0.4, -0.2) is 19.2 Å². The summed E-state index contributed by atoms with van der Waals surface area (Å²) in [5.74, 6) is 0.913. The quantitative estimate of drug-likeness (QED) is 0.296. The first-order chi connectivity index (χ1) is 15.7. The van der Waals surface area contributed by atoms with Crippen molar-refractivity contribution in [2.75, 3.05) is 7.11 Å². The first kappa shape index (κ1) is 24.5. The van der Waals surface area contributed by atoms with Crippen molar-refractivity contribution in [1.29, 1.82) is 0 Å². The number of hydrazone groups is 1. The molecule has 3 aromatic carbocycles. The SMILES string of the molecule is COc1cc(/C=N\NC(=O)c2ccc(C(C)(C)C)cc2)cc(Br)c1OCc1ccc(C)cc1. The van der Waals surface area contributed by atoms with Crippen LogP contribution < -0.4 is 14.9 Å². The summed E-state index contributed by atoms with van der Waals surface area (Å²) in [5, 5.41) is 4.10. The maximum atomic E-state index is 12.4. The average molecular weight is 509 g/mol. The van der Waals surface area contributed by atoms with Gasteiger partial charge in [0.15, 0.2) is 11.5 Å². The summed E-state index contributed by atoms with van der Waals surface area (Å²) < 4.78 is 12.2. The third-order valence-corrected chi connectivity index (χ3v) is 5.74. The summed E-state index contributed by atoms with van der Waals surface area (Å²) in [7, 11) is 1.59. The molecule has 3 aromatic rings. The van der Waals surface area contributed by atoms with Gasteiger partial charge < -0.3 is 9.47 Å². The van der Waals surface area contributed by atoms with Crippen LogP contribution in [0.5, 0.6) is 11.5 Å². The average Bonchev–Trinajstić information content (AvgIpc) is 2.78. The molecular weight excluding hydrogens is 480 g/mol. The van der Waals surface area contributed by atoms with Crippen molar-refractivity contribution >= 4 is 28.1 Å². The molecule has 1 amide bonds. The van der Waals surface area contributed by atoms with Gasteiger partial charge >= 0.3 is 0 Å². The lowest BCUT2D eigenvalue weighted by Gasteiger charge is -2.18. The summed E-state index contributed by atoms with van der Waals surface area (Å²) in [6, 6.07) is 19.4. The smallest absolute Gasteiger partial charge is 0.271 e. The highest BCUT2D eigenvalue weighted by molar-refractivity contribution is 9.10. The number of amides is 1. The molecule has 6 heteroatoms. The molecule has 0 heterocycles. The maximum absolute atomic E-state index is 12.4. The minimum Gasteiger partial charge on any atom is -0.493 e. The first-order valence-electron chi connectivity index (χ1n) is 10.7. The summed E-state index contributed by atoms with van der Waals surface area (Å²) in [6.45, 7) is 8.88. The van der Waals surface area contributed by atoms with Crippen LogP contribution in [0.3, 0.4) is 0 Å². The fourth-order valence-corrected chi connectivity index (χ4v) is 3.72. The largest absolute Gasteiger partial charge is 0.493 e. The van der Waals surface area contributed by atoms with Crippen LogP contribution >= 0.6 is 15.9 Å². The highest BCUT2D eigenvalue weighted by atomic mass is 79.9. The number of nitrogens with one attached hydrogen (secondary N) is 1. The first-order valence-corrected chi connectivity index (χ1v) is 11.5. The highest BCUT2D eigenvalue weighted by Gasteiger charge is 2.14. The molecule has 0 bridgehead atoms. The van der Waals surface area contributed by atoms with Gasteiger partial charge in [0, 0.05) is 5.56 Å². The molecule has 0 atom stereocenters. The second kappa shape index (κ2) is 10.7. The molecule has 0 aliphatic carbocycles. The predicted molar refractivity (Wildman–Crippen MR) is 136 cm³/mol. The van der Waals surface area contributed by atoms with Crippen molar-refractivity contribution in [1.82, 2.24) is 5.43 Å². The van der Waals surface area contributed by atoms with Gasteiger partial charge in [-0.15, -0.1) is 0 Å². The number of aryl methyl sites for hydroxylation is 1. The third kappa shape index (κ3) is 6.68. The molecule has 0 radical (unpaired) electrons. The number of halogens is 1. The Hall–Kier alpha value is -3.12. The van der Waals surface area contributed by atoms with Gasteiger partial charge in [0.05, 0.1) is 17.8 Å². The van der Waals surface area contributed by atoms with Gasteiger partial charge in [0.25, 0.3) is 5.91 Å². The predicted octanol–water partition coefficient (Wildman–Crippen LogP) is 6.41. The molecule has 3 rings (SSSR count). The summed E-state index contributed by atoms with van der Waals surface area (Å²) >= 11 is 3.55. The topological polar surface area (TPSA) is 59.9 Å². The Morgan fingerprint density at radius 3 is 2.33 bits per heavy atom. The normalized spacial score (nSPS) is 11.5. The third-order valence-electron chi connectivity index (χ3n) is 5.15. The Balaban J connectivity index is 1.66. The lowest BCUT2D eigenvalue weighted by molar-refractivity contribution is 0.0955. The van der Waals surface area contributed by atoms with Crippen LogP contribution in [0.25, 0.3) is 0 Å². The molecule has 0 aliphatic heterocycles. The van der Waals surface area contributed by atoms with Crippen LogP contribution in [0.1, 0.15) is 53.4 Å². The molecule has 0 saturated carbocycles. The van der Waals surface area contributed by atoms with Crippen LogP contribution in [0.4, 0.5) is 0 Å². The summed E-state index contributed by atoms with van der Waals surface area (Å²) in [5.41, 5.74) is 7.36. The molecular formula is C27H29BrN2O3. The fraction of sp³-hybridized carbons (Fsp3) is 0.259. The molecule has 172 valence electrons. The van der Waals surface area contributed by atoms with E-state index in [1.165, 1.54) is 11.1 Å². The molecule has 0 saturated heterocycles. The molecule has 0 unspecified atom stereocenters. The maximum Gasteiger partial charge on any atom is 0.271 e. The van der Waals surface area contributed by atoms with E-state index in [1.54, 1.807) is 13.3 Å². The Labute approximate surface area is 204 Å². The van der Waals surface area contributed by atoms with Crippen LogP contribution in [0.2, 0.25) is 0 Å². The number of benzene rings is 3. The zero-order valence-electron chi connectivity index (χ0n) is 19.6. The number of nitrogens with zero attached hydrogens (tertiary/aromatic N) is 1. The summed E-state index contributed by atoms with van der Waals surface area (Å²) in [6.07, 6.45) is 1.57. The fourth-order valence-electron chi connectivity index (χ4n) is 3.15. The number of carbonyl (C=O) groups excluding carboxylic acids is 1. The number of hydrogen-bond donors (Lipinski definition) is 1. The van der Waals surface area contributed by atoms with Crippen molar-refractivity contribution in [3.05, 3.63) is 93.0 Å². The minimum atomic E-state index is -0.268. The second-order valence-electron chi connectivity index (χ2n) is 8.83. The Bertz CT molecular complexity index is 1130. The zero-order chi connectivity index (χ0) is 24.0. The molecule has 33 heavy (non-hydrogen) atoms. The molecule has 0 spiro atoms. The summed E-state index contributed by atoms with van der Waals surface area (Å²) in [4.78, 5) is 12.4. The van der Waals surface area contributed by atoms with Gasteiger partial charge in [-0.05, 0) is 69.2 Å². The molecule has 5 nitrogen and oxygen atoms in total. The second-order valence-corrected chi connectivity index (χ2v) is 9.69. The van der Waals surface area contributed by atoms with Crippen molar-refractivity contribution < 1.29 is 14.3 Å². The molecule has 0 aliphatic rings. The van der Waals surface area contributed by atoms with Gasteiger partial charge in [-0.3, -0.25) is 4.79 Å². The number of ether oxygens (including phenoxy) is 2. The molecule has 0 fully saturated rings. The Kier molecular flexibility index (Phi) is 7.92. The van der Waals surface area contributed by atoms with E-state index in [-0.39, 0.29) is 11.3 Å². The monoisotopic (exact) mass is 508 g/mol. The number of rotatable bonds is 7. The van der Waals surface area contributed by atoms with E-state index < -0.39 is 0 Å².